The molecule has 1 N–H and O–H groups in total. The lowest BCUT2D eigenvalue weighted by atomic mass is 10.0. The van der Waals surface area contributed by atoms with Gasteiger partial charge in [0, 0.05) is 5.69 Å². The van der Waals surface area contributed by atoms with Crippen molar-refractivity contribution < 1.29 is 4.42 Å². The van der Waals surface area contributed by atoms with Crippen molar-refractivity contribution in [2.45, 2.75) is 40.5 Å². The Morgan fingerprint density at radius 1 is 1.05 bits per heavy atom. The van der Waals surface area contributed by atoms with Gasteiger partial charge in [0.25, 0.3) is 0 Å². The summed E-state index contributed by atoms with van der Waals surface area (Å²) in [5.41, 5.74) is 5.08. The molecule has 0 unspecified atom stereocenters. The van der Waals surface area contributed by atoms with Gasteiger partial charge < -0.3 is 9.73 Å². The Bertz CT molecular complexity index is 834. The minimum Gasteiger partial charge on any atom is -0.443 e. The van der Waals surface area contributed by atoms with E-state index in [0.717, 1.165) is 22.5 Å². The van der Waals surface area contributed by atoms with E-state index in [2.05, 4.69) is 54.3 Å². The first kappa shape index (κ1) is 14.6. The summed E-state index contributed by atoms with van der Waals surface area (Å²) in [6.45, 7) is 10.4. The first-order valence-electron chi connectivity index (χ1n) is 7.56. The quantitative estimate of drug-likeness (QED) is 0.737. The Hall–Kier alpha value is -2.36. The monoisotopic (exact) mass is 295 g/mol. The molecule has 0 spiro atoms. The molecule has 0 amide bonds. The van der Waals surface area contributed by atoms with Gasteiger partial charge in [-0.2, -0.15) is 4.98 Å². The number of nitrogens with zero attached hydrogens (tertiary/aromatic N) is 2. The van der Waals surface area contributed by atoms with Crippen LogP contribution in [0.1, 0.15) is 42.3 Å². The van der Waals surface area contributed by atoms with Crippen molar-refractivity contribution in [1.29, 1.82) is 0 Å². The molecular formula is C18H21N3O. The normalized spacial score (nSPS) is 11.4. The molecule has 2 heterocycles. The molecule has 0 aliphatic carbocycles. The van der Waals surface area contributed by atoms with E-state index in [1.165, 1.54) is 11.1 Å². The predicted molar refractivity (Wildman–Crippen MR) is 89.8 cm³/mol. The molecular weight excluding hydrogens is 274 g/mol. The summed E-state index contributed by atoms with van der Waals surface area (Å²) in [5, 5.41) is 4.27. The third kappa shape index (κ3) is 2.69. The molecule has 0 bridgehead atoms. The number of benzene rings is 1. The van der Waals surface area contributed by atoms with E-state index in [1.807, 2.05) is 19.9 Å². The van der Waals surface area contributed by atoms with E-state index >= 15 is 0 Å². The van der Waals surface area contributed by atoms with Crippen LogP contribution in [0.15, 0.2) is 28.7 Å². The first-order chi connectivity index (χ1) is 10.4. The Labute approximate surface area is 130 Å². The van der Waals surface area contributed by atoms with Gasteiger partial charge in [0.1, 0.15) is 5.76 Å². The highest BCUT2D eigenvalue weighted by atomic mass is 16.3. The van der Waals surface area contributed by atoms with Gasteiger partial charge in [-0.15, -0.1) is 0 Å². The standard InChI is InChI=1S/C18H21N3O/c1-10(2)14-6-7-16(11(3)8-14)20-18-19-13(5)15-9-12(4)22-17(15)21-18/h6-10H,1-5H3,(H,19,20,21). The zero-order valence-corrected chi connectivity index (χ0v) is 13.7. The van der Waals surface area contributed by atoms with E-state index in [9.17, 15) is 0 Å². The first-order valence-corrected chi connectivity index (χ1v) is 7.56. The molecule has 3 rings (SSSR count). The van der Waals surface area contributed by atoms with Crippen molar-refractivity contribution in [1.82, 2.24) is 9.97 Å². The summed E-state index contributed by atoms with van der Waals surface area (Å²) in [4.78, 5) is 8.99. The van der Waals surface area contributed by atoms with Crippen molar-refractivity contribution in [3.63, 3.8) is 0 Å². The highest BCUT2D eigenvalue weighted by Crippen LogP contribution is 2.26. The number of aryl methyl sites for hydroxylation is 3. The van der Waals surface area contributed by atoms with Crippen molar-refractivity contribution in [2.75, 3.05) is 5.32 Å². The molecule has 0 aliphatic heterocycles. The van der Waals surface area contributed by atoms with Gasteiger partial charge in [-0.1, -0.05) is 26.0 Å². The topological polar surface area (TPSA) is 51.0 Å². The lowest BCUT2D eigenvalue weighted by Gasteiger charge is -2.12. The van der Waals surface area contributed by atoms with Crippen molar-refractivity contribution in [2.24, 2.45) is 0 Å². The lowest BCUT2D eigenvalue weighted by molar-refractivity contribution is 0.567. The Kier molecular flexibility index (Phi) is 3.61. The van der Waals surface area contributed by atoms with Crippen LogP contribution >= 0.6 is 0 Å². The second-order valence-corrected chi connectivity index (χ2v) is 6.06. The van der Waals surface area contributed by atoms with E-state index in [-0.39, 0.29) is 0 Å². The molecule has 3 aromatic rings. The third-order valence-electron chi connectivity index (χ3n) is 3.87. The number of anilines is 2. The van der Waals surface area contributed by atoms with Gasteiger partial charge in [-0.25, -0.2) is 4.98 Å². The molecule has 2 aromatic heterocycles. The van der Waals surface area contributed by atoms with Crippen LogP contribution in [0.5, 0.6) is 0 Å². The fourth-order valence-corrected chi connectivity index (χ4v) is 2.55. The third-order valence-corrected chi connectivity index (χ3v) is 3.87. The van der Waals surface area contributed by atoms with Crippen LogP contribution in [0.3, 0.4) is 0 Å². The highest BCUT2D eigenvalue weighted by molar-refractivity contribution is 5.78. The summed E-state index contributed by atoms with van der Waals surface area (Å²) in [6, 6.07) is 8.40. The SMILES string of the molecule is Cc1cc2c(C)nc(Nc3ccc(C(C)C)cc3C)nc2o1. The van der Waals surface area contributed by atoms with Gasteiger partial charge in [-0.05, 0) is 49.9 Å². The van der Waals surface area contributed by atoms with Crippen LogP contribution in [0.25, 0.3) is 11.1 Å². The van der Waals surface area contributed by atoms with E-state index in [1.54, 1.807) is 0 Å². The molecule has 1 aromatic carbocycles. The summed E-state index contributed by atoms with van der Waals surface area (Å²) in [6.07, 6.45) is 0. The fourth-order valence-electron chi connectivity index (χ4n) is 2.55. The van der Waals surface area contributed by atoms with Crippen molar-refractivity contribution >= 4 is 22.7 Å². The minimum atomic E-state index is 0.522. The van der Waals surface area contributed by atoms with Gasteiger partial charge in [0.15, 0.2) is 0 Å². The smallest absolute Gasteiger partial charge is 0.231 e. The molecule has 0 fully saturated rings. The molecule has 0 aliphatic rings. The average Bonchev–Trinajstić information content (AvgIpc) is 2.82. The van der Waals surface area contributed by atoms with Crippen molar-refractivity contribution in [3.05, 3.63) is 46.8 Å². The molecule has 0 atom stereocenters. The predicted octanol–water partition coefficient (Wildman–Crippen LogP) is 5.02. The number of rotatable bonds is 3. The largest absolute Gasteiger partial charge is 0.443 e. The van der Waals surface area contributed by atoms with Gasteiger partial charge in [-0.3, -0.25) is 0 Å². The van der Waals surface area contributed by atoms with Crippen LogP contribution in [0, 0.1) is 20.8 Å². The number of aromatic nitrogens is 2. The van der Waals surface area contributed by atoms with Crippen LogP contribution in [-0.4, -0.2) is 9.97 Å². The maximum Gasteiger partial charge on any atom is 0.231 e. The molecule has 114 valence electrons. The molecule has 0 radical (unpaired) electrons. The number of furan rings is 1. The molecule has 4 nitrogen and oxygen atoms in total. The highest BCUT2D eigenvalue weighted by Gasteiger charge is 2.10. The summed E-state index contributed by atoms with van der Waals surface area (Å²) >= 11 is 0. The Morgan fingerprint density at radius 2 is 1.82 bits per heavy atom. The van der Waals surface area contributed by atoms with Gasteiger partial charge in [0.05, 0.1) is 11.1 Å². The molecule has 0 saturated heterocycles. The Morgan fingerprint density at radius 3 is 2.50 bits per heavy atom. The van der Waals surface area contributed by atoms with Crippen LogP contribution in [0.4, 0.5) is 11.6 Å². The van der Waals surface area contributed by atoms with E-state index < -0.39 is 0 Å². The average molecular weight is 295 g/mol. The van der Waals surface area contributed by atoms with E-state index in [4.69, 9.17) is 4.42 Å². The second kappa shape index (κ2) is 5.44. The van der Waals surface area contributed by atoms with Crippen LogP contribution < -0.4 is 5.32 Å². The fraction of sp³-hybridized carbons (Fsp3) is 0.333. The zero-order chi connectivity index (χ0) is 15.9. The second-order valence-electron chi connectivity index (χ2n) is 6.06. The number of nitrogens with one attached hydrogen (secondary N) is 1. The maximum atomic E-state index is 5.62. The summed E-state index contributed by atoms with van der Waals surface area (Å²) < 4.78 is 5.62. The van der Waals surface area contributed by atoms with Crippen molar-refractivity contribution in [3.8, 4) is 0 Å². The van der Waals surface area contributed by atoms with Gasteiger partial charge >= 0.3 is 0 Å². The number of fused-ring (bicyclic) bond motifs is 1. The summed E-state index contributed by atoms with van der Waals surface area (Å²) in [5.74, 6) is 1.94. The molecule has 22 heavy (non-hydrogen) atoms. The Balaban J connectivity index is 1.96. The van der Waals surface area contributed by atoms with Crippen LogP contribution in [-0.2, 0) is 0 Å². The molecule has 0 saturated carbocycles. The zero-order valence-electron chi connectivity index (χ0n) is 13.7. The number of hydrogen-bond donors (Lipinski definition) is 1. The summed E-state index contributed by atoms with van der Waals surface area (Å²) in [7, 11) is 0. The minimum absolute atomic E-state index is 0.522. The lowest BCUT2D eigenvalue weighted by Crippen LogP contribution is -2.01. The van der Waals surface area contributed by atoms with Gasteiger partial charge in [0.2, 0.25) is 11.7 Å². The maximum absolute atomic E-state index is 5.62. The van der Waals surface area contributed by atoms with Crippen LogP contribution in [0.2, 0.25) is 0 Å². The van der Waals surface area contributed by atoms with E-state index in [0.29, 0.717) is 17.6 Å². The molecule has 4 heteroatoms. The number of hydrogen-bond acceptors (Lipinski definition) is 4.